The second-order valence-corrected chi connectivity index (χ2v) is 7.71. The van der Waals surface area contributed by atoms with E-state index in [1.807, 2.05) is 12.1 Å². The molecule has 26 heavy (non-hydrogen) atoms. The Balaban J connectivity index is 1.70. The van der Waals surface area contributed by atoms with Crippen molar-refractivity contribution in [2.75, 3.05) is 0 Å². The van der Waals surface area contributed by atoms with Gasteiger partial charge < -0.3 is 0 Å². The van der Waals surface area contributed by atoms with Crippen molar-refractivity contribution in [1.29, 1.82) is 0 Å². The second kappa shape index (κ2) is 6.55. The quantitative estimate of drug-likeness (QED) is 0.668. The van der Waals surface area contributed by atoms with E-state index in [-0.39, 0.29) is 11.3 Å². The van der Waals surface area contributed by atoms with Crippen molar-refractivity contribution in [3.05, 3.63) is 83.4 Å². The Morgan fingerprint density at radius 1 is 1.15 bits per heavy atom. The number of aryl methyl sites for hydroxylation is 1. The summed E-state index contributed by atoms with van der Waals surface area (Å²) in [5.74, 6) is 0.265. The minimum absolute atomic E-state index is 0.0254. The number of fused-ring (bicyclic) bond motifs is 1. The molecule has 0 radical (unpaired) electrons. The molecule has 0 heterocycles. The van der Waals surface area contributed by atoms with Crippen LogP contribution in [0.2, 0.25) is 0 Å². The third kappa shape index (κ3) is 2.95. The molecule has 2 nitrogen and oxygen atoms in total. The standard InChI is InChI=1S/C23H21NO.V/c1-3-17-13-16(2)19(14-22(17)25)15-24-23(11-12-23)21-10-6-8-18-7-4-5-9-20(18)21;/h3-10,13-14,24-25H,1,11-12H2,2H3;. The third-order valence-electron chi connectivity index (χ3n) is 5.26. The average molecular weight is 378 g/mol. The monoisotopic (exact) mass is 378 g/mol. The molecule has 0 aromatic heterocycles. The molecule has 1 fully saturated rings. The van der Waals surface area contributed by atoms with E-state index < -0.39 is 0 Å². The molecule has 3 aromatic rings. The van der Waals surface area contributed by atoms with Crippen molar-refractivity contribution in [1.82, 2.24) is 5.32 Å². The van der Waals surface area contributed by atoms with Crippen LogP contribution in [-0.4, -0.2) is 9.46 Å². The Kier molecular flexibility index (Phi) is 4.36. The zero-order chi connectivity index (χ0) is 18.3. The SMILES string of the molecule is C=Cc1cc(C)c([C](=[V])NC2(c3cccc4ccccc34)CC2)cc1O. The number of hydrogen-bond donors (Lipinski definition) is 2. The number of aromatic hydroxyl groups is 1. The van der Waals surface area contributed by atoms with Crippen molar-refractivity contribution in [2.24, 2.45) is 0 Å². The van der Waals surface area contributed by atoms with E-state index in [2.05, 4.69) is 78.3 Å². The molecular formula is C23H21NOV. The zero-order valence-corrected chi connectivity index (χ0v) is 16.2. The first kappa shape index (κ1) is 17.3. The Morgan fingerprint density at radius 2 is 1.88 bits per heavy atom. The van der Waals surface area contributed by atoms with Gasteiger partial charge in [-0.05, 0) is 0 Å². The Bertz CT molecular complexity index is 1030. The first-order chi connectivity index (χ1) is 12.5. The predicted molar refractivity (Wildman–Crippen MR) is 105 cm³/mol. The fourth-order valence-corrected chi connectivity index (χ4v) is 4.37. The molecule has 1 aliphatic carbocycles. The number of hydrogen-bond acceptors (Lipinski definition) is 2. The van der Waals surface area contributed by atoms with Gasteiger partial charge in [-0.15, -0.1) is 0 Å². The van der Waals surface area contributed by atoms with Gasteiger partial charge in [0.1, 0.15) is 0 Å². The topological polar surface area (TPSA) is 32.3 Å². The first-order valence-corrected chi connectivity index (χ1v) is 9.53. The van der Waals surface area contributed by atoms with E-state index in [1.54, 1.807) is 6.08 Å². The van der Waals surface area contributed by atoms with Gasteiger partial charge in [0.05, 0.1) is 0 Å². The molecule has 0 aliphatic heterocycles. The average Bonchev–Trinajstić information content (AvgIpc) is 3.43. The van der Waals surface area contributed by atoms with E-state index in [1.165, 1.54) is 16.3 Å². The van der Waals surface area contributed by atoms with Crippen LogP contribution in [0.5, 0.6) is 5.75 Å². The Hall–Kier alpha value is -2.13. The molecule has 3 aromatic carbocycles. The van der Waals surface area contributed by atoms with Crippen molar-refractivity contribution < 1.29 is 22.1 Å². The maximum absolute atomic E-state index is 10.2. The van der Waals surface area contributed by atoms with Crippen LogP contribution >= 0.6 is 0 Å². The number of phenols is 1. The Labute approximate surface area is 163 Å². The van der Waals surface area contributed by atoms with Crippen molar-refractivity contribution in [3.8, 4) is 5.75 Å². The normalized spacial score (nSPS) is 14.9. The van der Waals surface area contributed by atoms with E-state index in [0.717, 1.165) is 33.9 Å². The van der Waals surface area contributed by atoms with Crippen molar-refractivity contribution >= 4 is 21.2 Å². The summed E-state index contributed by atoms with van der Waals surface area (Å²) >= 11 is 2.64. The van der Waals surface area contributed by atoms with Gasteiger partial charge in [-0.1, -0.05) is 0 Å². The van der Waals surface area contributed by atoms with E-state index in [4.69, 9.17) is 0 Å². The summed E-state index contributed by atoms with van der Waals surface area (Å²) in [7, 11) is 0. The molecule has 0 atom stereocenters. The van der Waals surface area contributed by atoms with Crippen LogP contribution in [0.25, 0.3) is 16.8 Å². The molecule has 0 unspecified atom stereocenters. The van der Waals surface area contributed by atoms with Crippen LogP contribution in [0.1, 0.15) is 35.1 Å². The van der Waals surface area contributed by atoms with Gasteiger partial charge in [0.15, 0.2) is 0 Å². The summed E-state index contributed by atoms with van der Waals surface area (Å²) in [5, 5.41) is 16.5. The van der Waals surface area contributed by atoms with Gasteiger partial charge in [-0.3, -0.25) is 0 Å². The van der Waals surface area contributed by atoms with Gasteiger partial charge in [-0.25, -0.2) is 0 Å². The number of phenolic OH excluding ortho intramolecular Hbond substituents is 1. The van der Waals surface area contributed by atoms with Crippen LogP contribution in [-0.2, 0) is 22.5 Å². The van der Waals surface area contributed by atoms with Crippen LogP contribution < -0.4 is 5.32 Å². The van der Waals surface area contributed by atoms with E-state index in [0.29, 0.717) is 0 Å². The molecule has 0 saturated heterocycles. The fraction of sp³-hybridized carbons (Fsp3) is 0.174. The molecule has 129 valence electrons. The molecule has 3 heteroatoms. The summed E-state index contributed by atoms with van der Waals surface area (Å²) in [6, 6.07) is 18.9. The van der Waals surface area contributed by atoms with E-state index in [9.17, 15) is 5.11 Å². The summed E-state index contributed by atoms with van der Waals surface area (Å²) in [6.07, 6.45) is 3.90. The van der Waals surface area contributed by atoms with Crippen molar-refractivity contribution in [3.63, 3.8) is 0 Å². The van der Waals surface area contributed by atoms with E-state index >= 15 is 0 Å². The molecule has 4 rings (SSSR count). The van der Waals surface area contributed by atoms with Gasteiger partial charge in [0.2, 0.25) is 0 Å². The zero-order valence-electron chi connectivity index (χ0n) is 14.8. The summed E-state index contributed by atoms with van der Waals surface area (Å²) in [5.41, 5.74) is 4.24. The molecule has 1 saturated carbocycles. The number of rotatable bonds is 5. The molecule has 1 aliphatic rings. The third-order valence-corrected chi connectivity index (χ3v) is 5.81. The number of benzene rings is 3. The molecular weight excluding hydrogens is 357 g/mol. The molecule has 0 amide bonds. The first-order valence-electron chi connectivity index (χ1n) is 8.83. The van der Waals surface area contributed by atoms with Crippen LogP contribution in [0.3, 0.4) is 0 Å². The van der Waals surface area contributed by atoms with Crippen LogP contribution in [0.4, 0.5) is 0 Å². The molecule has 0 bridgehead atoms. The predicted octanol–water partition coefficient (Wildman–Crippen LogP) is 4.80. The van der Waals surface area contributed by atoms with Gasteiger partial charge in [0.25, 0.3) is 0 Å². The summed E-state index contributed by atoms with van der Waals surface area (Å²) < 4.78 is 1.03. The van der Waals surface area contributed by atoms with Crippen LogP contribution in [0.15, 0.2) is 61.2 Å². The minimum atomic E-state index is -0.0254. The van der Waals surface area contributed by atoms with Crippen molar-refractivity contribution in [2.45, 2.75) is 25.3 Å². The summed E-state index contributed by atoms with van der Waals surface area (Å²) in [4.78, 5) is 0. The maximum atomic E-state index is 10.2. The fourth-order valence-electron chi connectivity index (χ4n) is 3.66. The van der Waals surface area contributed by atoms with Gasteiger partial charge >= 0.3 is 163 Å². The van der Waals surface area contributed by atoms with Gasteiger partial charge in [-0.2, -0.15) is 0 Å². The molecule has 2 N–H and O–H groups in total. The van der Waals surface area contributed by atoms with Gasteiger partial charge in [0, 0.05) is 0 Å². The Morgan fingerprint density at radius 3 is 2.62 bits per heavy atom. The summed E-state index contributed by atoms with van der Waals surface area (Å²) in [6.45, 7) is 5.82. The number of nitrogens with one attached hydrogen (secondary N) is 1. The molecule has 0 spiro atoms. The second-order valence-electron chi connectivity index (χ2n) is 7.01. The van der Waals surface area contributed by atoms with Crippen LogP contribution in [0, 0.1) is 6.92 Å².